The first-order valence-electron chi connectivity index (χ1n) is 5.13. The molecule has 1 aliphatic heterocycles. The van der Waals surface area contributed by atoms with Crippen molar-refractivity contribution >= 4 is 5.91 Å². The second kappa shape index (κ2) is 4.85. The van der Waals surface area contributed by atoms with Gasteiger partial charge in [0, 0.05) is 5.56 Å². The Morgan fingerprint density at radius 1 is 1.38 bits per heavy atom. The third-order valence-electron chi connectivity index (χ3n) is 2.11. The number of amides is 1. The Hall–Kier alpha value is -1.75. The van der Waals surface area contributed by atoms with Crippen LogP contribution in [-0.4, -0.2) is 25.7 Å². The average Bonchev–Trinajstić information content (AvgIpc) is 2.35. The maximum Gasteiger partial charge on any atom is 0.274 e. The molecule has 0 saturated heterocycles. The van der Waals surface area contributed by atoms with Crippen LogP contribution in [-0.2, 0) is 4.84 Å². The molecule has 1 heterocycles. The van der Waals surface area contributed by atoms with Crippen molar-refractivity contribution in [1.82, 2.24) is 5.48 Å². The summed E-state index contributed by atoms with van der Waals surface area (Å²) in [6.45, 7) is 3.27. The van der Waals surface area contributed by atoms with Crippen LogP contribution >= 0.6 is 0 Å². The van der Waals surface area contributed by atoms with Crippen LogP contribution in [0.15, 0.2) is 18.2 Å². The van der Waals surface area contributed by atoms with Gasteiger partial charge in [-0.3, -0.25) is 9.63 Å². The Morgan fingerprint density at radius 2 is 2.12 bits per heavy atom. The zero-order chi connectivity index (χ0) is 11.4. The van der Waals surface area contributed by atoms with Crippen molar-refractivity contribution in [2.75, 3.05) is 19.8 Å². The van der Waals surface area contributed by atoms with Crippen LogP contribution in [0.3, 0.4) is 0 Å². The van der Waals surface area contributed by atoms with E-state index in [1.807, 2.05) is 0 Å². The molecule has 5 nitrogen and oxygen atoms in total. The van der Waals surface area contributed by atoms with Crippen LogP contribution in [0.2, 0.25) is 0 Å². The monoisotopic (exact) mass is 223 g/mol. The highest BCUT2D eigenvalue weighted by atomic mass is 16.6. The fraction of sp³-hybridized carbons (Fsp3) is 0.364. The van der Waals surface area contributed by atoms with E-state index < -0.39 is 0 Å². The minimum absolute atomic E-state index is 0.293. The predicted molar refractivity (Wildman–Crippen MR) is 56.5 cm³/mol. The largest absolute Gasteiger partial charge is 0.486 e. The van der Waals surface area contributed by atoms with Crippen molar-refractivity contribution in [2.45, 2.75) is 6.92 Å². The second-order valence-electron chi connectivity index (χ2n) is 3.22. The summed E-state index contributed by atoms with van der Waals surface area (Å²) in [6.07, 6.45) is 0. The van der Waals surface area contributed by atoms with E-state index in [1.165, 1.54) is 0 Å². The molecule has 1 amide bonds. The summed E-state index contributed by atoms with van der Waals surface area (Å²) < 4.78 is 10.7. The highest BCUT2D eigenvalue weighted by Crippen LogP contribution is 2.30. The Bertz CT molecular complexity index is 392. The van der Waals surface area contributed by atoms with Gasteiger partial charge in [-0.05, 0) is 25.1 Å². The van der Waals surface area contributed by atoms with E-state index in [4.69, 9.17) is 14.3 Å². The zero-order valence-electron chi connectivity index (χ0n) is 8.99. The third-order valence-corrected chi connectivity index (χ3v) is 2.11. The molecule has 0 saturated carbocycles. The van der Waals surface area contributed by atoms with Crippen molar-refractivity contribution in [3.05, 3.63) is 23.8 Å². The molecule has 0 aromatic heterocycles. The Morgan fingerprint density at radius 3 is 2.88 bits per heavy atom. The molecule has 1 aromatic rings. The molecule has 1 N–H and O–H groups in total. The number of rotatable bonds is 3. The fourth-order valence-corrected chi connectivity index (χ4v) is 1.38. The zero-order valence-corrected chi connectivity index (χ0v) is 8.99. The van der Waals surface area contributed by atoms with Gasteiger partial charge < -0.3 is 9.47 Å². The van der Waals surface area contributed by atoms with E-state index >= 15 is 0 Å². The first kappa shape index (κ1) is 10.8. The van der Waals surface area contributed by atoms with Crippen LogP contribution in [0.4, 0.5) is 0 Å². The molecule has 0 fully saturated rings. The topological polar surface area (TPSA) is 56.8 Å². The highest BCUT2D eigenvalue weighted by Gasteiger charge is 2.14. The summed E-state index contributed by atoms with van der Waals surface area (Å²) in [7, 11) is 0. The number of carbonyl (C=O) groups excluding carboxylic acids is 1. The molecule has 2 rings (SSSR count). The summed E-state index contributed by atoms with van der Waals surface area (Å²) >= 11 is 0. The van der Waals surface area contributed by atoms with E-state index in [9.17, 15) is 4.79 Å². The molecule has 1 aromatic carbocycles. The Kier molecular flexibility index (Phi) is 3.26. The number of ether oxygens (including phenoxy) is 2. The average molecular weight is 223 g/mol. The number of nitrogens with one attached hydrogen (secondary N) is 1. The van der Waals surface area contributed by atoms with Gasteiger partial charge in [-0.1, -0.05) is 0 Å². The molecule has 1 aliphatic rings. The molecule has 16 heavy (non-hydrogen) atoms. The van der Waals surface area contributed by atoms with Crippen LogP contribution in [0.1, 0.15) is 17.3 Å². The number of fused-ring (bicyclic) bond motifs is 1. The van der Waals surface area contributed by atoms with Crippen LogP contribution in [0.25, 0.3) is 0 Å². The molecule has 0 radical (unpaired) electrons. The van der Waals surface area contributed by atoms with Gasteiger partial charge in [0.05, 0.1) is 6.61 Å². The van der Waals surface area contributed by atoms with Crippen molar-refractivity contribution < 1.29 is 19.1 Å². The quantitative estimate of drug-likeness (QED) is 0.781. The second-order valence-corrected chi connectivity index (χ2v) is 3.22. The van der Waals surface area contributed by atoms with Crippen LogP contribution < -0.4 is 15.0 Å². The van der Waals surface area contributed by atoms with Crippen molar-refractivity contribution in [3.8, 4) is 11.5 Å². The molecule has 5 heteroatoms. The Labute approximate surface area is 93.3 Å². The first-order valence-corrected chi connectivity index (χ1v) is 5.13. The number of benzene rings is 1. The van der Waals surface area contributed by atoms with Gasteiger partial charge in [0.2, 0.25) is 0 Å². The van der Waals surface area contributed by atoms with Gasteiger partial charge in [-0.25, -0.2) is 5.48 Å². The number of hydrogen-bond donors (Lipinski definition) is 1. The SMILES string of the molecule is CCONC(=O)c1ccc2c(c1)OCCO2. The van der Waals surface area contributed by atoms with Crippen LogP contribution in [0.5, 0.6) is 11.5 Å². The fourth-order valence-electron chi connectivity index (χ4n) is 1.38. The minimum atomic E-state index is -0.293. The lowest BCUT2D eigenvalue weighted by atomic mass is 10.2. The number of hydrogen-bond acceptors (Lipinski definition) is 4. The van der Waals surface area contributed by atoms with Gasteiger partial charge >= 0.3 is 0 Å². The van der Waals surface area contributed by atoms with E-state index in [0.717, 1.165) is 0 Å². The van der Waals surface area contributed by atoms with Crippen molar-refractivity contribution in [1.29, 1.82) is 0 Å². The molecule has 0 bridgehead atoms. The number of carbonyl (C=O) groups is 1. The van der Waals surface area contributed by atoms with Crippen LogP contribution in [0, 0.1) is 0 Å². The molecule has 0 spiro atoms. The first-order chi connectivity index (χ1) is 7.81. The summed E-state index contributed by atoms with van der Waals surface area (Å²) in [5.41, 5.74) is 2.80. The summed E-state index contributed by atoms with van der Waals surface area (Å²) in [6, 6.07) is 5.03. The standard InChI is InChI=1S/C11H13NO4/c1-2-16-12-11(13)8-3-4-9-10(7-8)15-6-5-14-9/h3-4,7H,2,5-6H2,1H3,(H,12,13). The summed E-state index contributed by atoms with van der Waals surface area (Å²) in [5, 5.41) is 0. The third kappa shape index (κ3) is 2.25. The van der Waals surface area contributed by atoms with E-state index in [-0.39, 0.29) is 5.91 Å². The van der Waals surface area contributed by atoms with Gasteiger partial charge in [0.25, 0.3) is 5.91 Å². The molecule has 0 aliphatic carbocycles. The lowest BCUT2D eigenvalue weighted by molar-refractivity contribution is 0.0364. The lowest BCUT2D eigenvalue weighted by Crippen LogP contribution is -2.24. The molecule has 0 atom stereocenters. The normalized spacial score (nSPS) is 13.3. The van der Waals surface area contributed by atoms with Crippen molar-refractivity contribution in [2.24, 2.45) is 0 Å². The summed E-state index contributed by atoms with van der Waals surface area (Å²) in [5.74, 6) is 0.966. The number of hydroxylamine groups is 1. The van der Waals surface area contributed by atoms with E-state index in [2.05, 4.69) is 5.48 Å². The van der Waals surface area contributed by atoms with Gasteiger partial charge in [-0.15, -0.1) is 0 Å². The maximum absolute atomic E-state index is 11.6. The Balaban J connectivity index is 2.13. The van der Waals surface area contributed by atoms with Crippen molar-refractivity contribution in [3.63, 3.8) is 0 Å². The molecule has 86 valence electrons. The van der Waals surface area contributed by atoms with Gasteiger partial charge in [0.15, 0.2) is 11.5 Å². The highest BCUT2D eigenvalue weighted by molar-refractivity contribution is 5.94. The lowest BCUT2D eigenvalue weighted by Gasteiger charge is -2.18. The molecule has 0 unspecified atom stereocenters. The predicted octanol–water partition coefficient (Wildman–Crippen LogP) is 1.14. The van der Waals surface area contributed by atoms with Gasteiger partial charge in [-0.2, -0.15) is 0 Å². The minimum Gasteiger partial charge on any atom is -0.486 e. The smallest absolute Gasteiger partial charge is 0.274 e. The summed E-state index contributed by atoms with van der Waals surface area (Å²) in [4.78, 5) is 16.4. The van der Waals surface area contributed by atoms with E-state index in [1.54, 1.807) is 25.1 Å². The van der Waals surface area contributed by atoms with E-state index in [0.29, 0.717) is 36.9 Å². The maximum atomic E-state index is 11.6. The van der Waals surface area contributed by atoms with Gasteiger partial charge in [0.1, 0.15) is 13.2 Å². The molecular weight excluding hydrogens is 210 g/mol. The molecular formula is C11H13NO4.